The van der Waals surface area contributed by atoms with Crippen molar-refractivity contribution in [2.45, 2.75) is 44.1 Å². The van der Waals surface area contributed by atoms with Gasteiger partial charge in [-0.2, -0.15) is 0 Å². The zero-order valence-corrected chi connectivity index (χ0v) is 17.3. The Kier molecular flexibility index (Phi) is 5.22. The van der Waals surface area contributed by atoms with Crippen LogP contribution >= 0.6 is 23.1 Å². The first-order valence-corrected chi connectivity index (χ1v) is 10.8. The summed E-state index contributed by atoms with van der Waals surface area (Å²) in [6.07, 6.45) is 3.38. The van der Waals surface area contributed by atoms with Crippen molar-refractivity contribution in [1.29, 1.82) is 0 Å². The maximum Gasteiger partial charge on any atom is 0.236 e. The lowest BCUT2D eigenvalue weighted by Gasteiger charge is -2.33. The topological polar surface area (TPSA) is 103 Å². The van der Waals surface area contributed by atoms with E-state index >= 15 is 0 Å². The Morgan fingerprint density at radius 2 is 2.29 bits per heavy atom. The highest BCUT2D eigenvalue weighted by Crippen LogP contribution is 2.41. The van der Waals surface area contributed by atoms with E-state index in [-0.39, 0.29) is 17.3 Å². The van der Waals surface area contributed by atoms with Gasteiger partial charge in [0.2, 0.25) is 5.91 Å². The van der Waals surface area contributed by atoms with Crippen molar-refractivity contribution >= 4 is 50.9 Å². The van der Waals surface area contributed by atoms with Gasteiger partial charge in [-0.05, 0) is 31.0 Å². The van der Waals surface area contributed by atoms with E-state index in [1.807, 2.05) is 6.07 Å². The fourth-order valence-corrected chi connectivity index (χ4v) is 4.94. The highest BCUT2D eigenvalue weighted by Gasteiger charge is 2.33. The number of thiophene rings is 1. The molecule has 1 atom stereocenters. The monoisotopic (exact) mass is 415 g/mol. The summed E-state index contributed by atoms with van der Waals surface area (Å²) >= 11 is 2.86. The Morgan fingerprint density at radius 1 is 1.43 bits per heavy atom. The highest BCUT2D eigenvalue weighted by molar-refractivity contribution is 7.99. The van der Waals surface area contributed by atoms with E-state index in [0.717, 1.165) is 27.9 Å². The number of ether oxygens (including phenoxy) is 1. The first-order valence-electron chi connectivity index (χ1n) is 9.03. The van der Waals surface area contributed by atoms with Gasteiger partial charge in [0.25, 0.3) is 0 Å². The van der Waals surface area contributed by atoms with Gasteiger partial charge in [0.05, 0.1) is 23.3 Å². The summed E-state index contributed by atoms with van der Waals surface area (Å²) in [5.41, 5.74) is 7.31. The van der Waals surface area contributed by atoms with Gasteiger partial charge in [0, 0.05) is 17.5 Å². The lowest BCUT2D eigenvalue weighted by atomic mass is 9.90. The Labute approximate surface area is 171 Å². The fraction of sp³-hybridized carbons (Fsp3) is 0.368. The maximum absolute atomic E-state index is 12.1. The number of fused-ring (bicyclic) bond motifs is 3. The molecule has 0 saturated carbocycles. The van der Waals surface area contributed by atoms with Crippen LogP contribution in [0, 0.1) is 0 Å². The molecule has 4 heterocycles. The number of nitrogen functional groups attached to an aromatic ring is 1. The number of anilines is 2. The first kappa shape index (κ1) is 19.1. The maximum atomic E-state index is 12.1. The molecule has 3 aromatic rings. The smallest absolute Gasteiger partial charge is 0.236 e. The van der Waals surface area contributed by atoms with Crippen molar-refractivity contribution in [2.75, 3.05) is 16.8 Å². The van der Waals surface area contributed by atoms with E-state index in [1.165, 1.54) is 17.3 Å². The Hall–Kier alpha value is -2.23. The number of rotatable bonds is 5. The second-order valence-corrected chi connectivity index (χ2v) is 8.92. The molecule has 0 aliphatic carbocycles. The molecule has 0 saturated heterocycles. The summed E-state index contributed by atoms with van der Waals surface area (Å²) in [6.45, 7) is 4.83. The molecule has 0 radical (unpaired) electrons. The van der Waals surface area contributed by atoms with Crippen molar-refractivity contribution in [3.05, 3.63) is 34.8 Å². The number of thioether (sulfide) groups is 1. The largest absolute Gasteiger partial charge is 0.383 e. The van der Waals surface area contributed by atoms with Gasteiger partial charge in [-0.15, -0.1) is 11.3 Å². The van der Waals surface area contributed by atoms with Gasteiger partial charge >= 0.3 is 0 Å². The third kappa shape index (κ3) is 3.82. The van der Waals surface area contributed by atoms with Crippen LogP contribution in [0.25, 0.3) is 10.2 Å². The van der Waals surface area contributed by atoms with Crippen LogP contribution in [0.15, 0.2) is 29.6 Å². The number of amides is 1. The van der Waals surface area contributed by atoms with Crippen LogP contribution < -0.4 is 11.1 Å². The zero-order valence-electron chi connectivity index (χ0n) is 15.7. The third-order valence-electron chi connectivity index (χ3n) is 4.86. The molecule has 1 aliphatic heterocycles. The molecular formula is C19H21N5O2S2. The van der Waals surface area contributed by atoms with Crippen LogP contribution in [0.5, 0.6) is 0 Å². The van der Waals surface area contributed by atoms with Gasteiger partial charge in [0.15, 0.2) is 5.16 Å². The number of pyridine rings is 1. The Morgan fingerprint density at radius 3 is 3.04 bits per heavy atom. The van der Waals surface area contributed by atoms with Crippen LogP contribution in [-0.2, 0) is 22.6 Å². The Bertz CT molecular complexity index is 1020. The standard InChI is InChI=1S/C19H21N5O2S2/c1-3-19(2)8-11-12(9-26-19)28-17-15(11)16(20)23-18(24-17)27-10-14(25)22-13-6-4-5-7-21-13/h4-7H,3,8-10H2,1-2H3,(H2,20,23,24)(H,21,22,25)/t19-/m0/s1. The minimum atomic E-state index is -0.176. The van der Waals surface area contributed by atoms with Crippen LogP contribution in [0.1, 0.15) is 30.7 Å². The first-order chi connectivity index (χ1) is 13.5. The molecule has 0 unspecified atom stereocenters. The summed E-state index contributed by atoms with van der Waals surface area (Å²) in [5.74, 6) is 1.01. The molecule has 28 heavy (non-hydrogen) atoms. The van der Waals surface area contributed by atoms with E-state index in [4.69, 9.17) is 10.5 Å². The van der Waals surface area contributed by atoms with Crippen molar-refractivity contribution < 1.29 is 9.53 Å². The van der Waals surface area contributed by atoms with Crippen LogP contribution in [0.2, 0.25) is 0 Å². The summed E-state index contributed by atoms with van der Waals surface area (Å²) in [4.78, 5) is 27.3. The van der Waals surface area contributed by atoms with Crippen molar-refractivity contribution in [1.82, 2.24) is 15.0 Å². The fourth-order valence-electron chi connectivity index (χ4n) is 3.12. The van der Waals surface area contributed by atoms with Gasteiger partial charge in [0.1, 0.15) is 16.5 Å². The number of carbonyl (C=O) groups is 1. The van der Waals surface area contributed by atoms with Gasteiger partial charge in [-0.3, -0.25) is 4.79 Å². The molecule has 1 amide bonds. The van der Waals surface area contributed by atoms with E-state index in [9.17, 15) is 4.79 Å². The lowest BCUT2D eigenvalue weighted by Crippen LogP contribution is -2.33. The number of nitrogens with zero attached hydrogens (tertiary/aromatic N) is 3. The average molecular weight is 416 g/mol. The molecule has 0 aromatic carbocycles. The average Bonchev–Trinajstić information content (AvgIpc) is 3.05. The second-order valence-electron chi connectivity index (χ2n) is 6.90. The summed E-state index contributed by atoms with van der Waals surface area (Å²) in [6, 6.07) is 5.36. The predicted octanol–water partition coefficient (Wildman–Crippen LogP) is 3.64. The number of carbonyl (C=O) groups excluding carboxylic acids is 1. The second kappa shape index (κ2) is 7.65. The summed E-state index contributed by atoms with van der Waals surface area (Å²) < 4.78 is 6.03. The number of hydrogen-bond acceptors (Lipinski definition) is 8. The quantitative estimate of drug-likeness (QED) is 0.484. The normalized spacial score (nSPS) is 18.8. The van der Waals surface area contributed by atoms with Crippen LogP contribution in [0.4, 0.5) is 11.6 Å². The molecule has 146 valence electrons. The van der Waals surface area contributed by atoms with Gasteiger partial charge in [-0.25, -0.2) is 15.0 Å². The molecule has 0 spiro atoms. The number of hydrogen-bond donors (Lipinski definition) is 2. The van der Waals surface area contributed by atoms with Crippen LogP contribution in [-0.4, -0.2) is 32.2 Å². The van der Waals surface area contributed by atoms with E-state index in [2.05, 4.69) is 34.1 Å². The Balaban J connectivity index is 1.51. The summed E-state index contributed by atoms with van der Waals surface area (Å²) in [5, 5.41) is 4.18. The van der Waals surface area contributed by atoms with E-state index in [0.29, 0.717) is 23.4 Å². The highest BCUT2D eigenvalue weighted by atomic mass is 32.2. The number of aromatic nitrogens is 3. The molecule has 9 heteroatoms. The molecule has 0 bridgehead atoms. The summed E-state index contributed by atoms with van der Waals surface area (Å²) in [7, 11) is 0. The van der Waals surface area contributed by atoms with Gasteiger partial charge < -0.3 is 15.8 Å². The third-order valence-corrected chi connectivity index (χ3v) is 6.80. The molecular weight excluding hydrogens is 394 g/mol. The minimum absolute atomic E-state index is 0.163. The molecule has 3 aromatic heterocycles. The molecule has 7 nitrogen and oxygen atoms in total. The predicted molar refractivity (Wildman–Crippen MR) is 113 cm³/mol. The number of nitrogens with one attached hydrogen (secondary N) is 1. The number of nitrogens with two attached hydrogens (primary N) is 1. The van der Waals surface area contributed by atoms with Crippen molar-refractivity contribution in [2.24, 2.45) is 0 Å². The van der Waals surface area contributed by atoms with E-state index < -0.39 is 0 Å². The molecule has 0 fully saturated rings. The van der Waals surface area contributed by atoms with Crippen molar-refractivity contribution in [3.63, 3.8) is 0 Å². The minimum Gasteiger partial charge on any atom is -0.383 e. The van der Waals surface area contributed by atoms with Crippen LogP contribution in [0.3, 0.4) is 0 Å². The zero-order chi connectivity index (χ0) is 19.7. The lowest BCUT2D eigenvalue weighted by molar-refractivity contribution is -0.113. The molecule has 4 rings (SSSR count). The molecule has 3 N–H and O–H groups in total. The van der Waals surface area contributed by atoms with E-state index in [1.54, 1.807) is 29.7 Å². The van der Waals surface area contributed by atoms with Gasteiger partial charge in [-0.1, -0.05) is 24.8 Å². The molecule has 1 aliphatic rings. The van der Waals surface area contributed by atoms with Crippen molar-refractivity contribution in [3.8, 4) is 0 Å². The SMILES string of the molecule is CC[C@@]1(C)Cc2c(sc3nc(SCC(=O)Nc4ccccn4)nc(N)c23)CO1.